The Morgan fingerprint density at radius 2 is 2.19 bits per heavy atom. The molecule has 0 bridgehead atoms. The largest absolute Gasteiger partial charge is 0.478 e. The smallest absolute Gasteiger partial charge is 0.328 e. The maximum Gasteiger partial charge on any atom is 0.328 e. The Balaban J connectivity index is 1.99. The van der Waals surface area contributed by atoms with Gasteiger partial charge in [0.05, 0.1) is 0 Å². The first kappa shape index (κ1) is 15.8. The highest BCUT2D eigenvalue weighted by Gasteiger charge is 2.28. The zero-order valence-electron chi connectivity index (χ0n) is 13.0. The first-order chi connectivity index (χ1) is 10.0. The van der Waals surface area contributed by atoms with Gasteiger partial charge in [-0.05, 0) is 48.9 Å². The van der Waals surface area contributed by atoms with Gasteiger partial charge in [-0.2, -0.15) is 0 Å². The fourth-order valence-corrected chi connectivity index (χ4v) is 2.45. The van der Waals surface area contributed by atoms with Gasteiger partial charge in [-0.3, -0.25) is 4.90 Å². The average Bonchev–Trinajstić information content (AvgIpc) is 3.26. The summed E-state index contributed by atoms with van der Waals surface area (Å²) in [7, 11) is 0. The number of carboxylic acid groups (broad SMARTS) is 1. The molecule has 3 heteroatoms. The molecule has 1 fully saturated rings. The Bertz CT molecular complexity index is 504. The van der Waals surface area contributed by atoms with Gasteiger partial charge in [-0.25, -0.2) is 4.79 Å². The molecule has 0 amide bonds. The van der Waals surface area contributed by atoms with Crippen LogP contribution in [-0.2, 0) is 11.3 Å². The number of hydrogen-bond donors (Lipinski definition) is 1. The first-order valence-electron chi connectivity index (χ1n) is 7.78. The molecule has 114 valence electrons. The fourth-order valence-electron chi connectivity index (χ4n) is 2.45. The summed E-state index contributed by atoms with van der Waals surface area (Å²) < 4.78 is 0. The van der Waals surface area contributed by atoms with Crippen LogP contribution in [0.15, 0.2) is 30.3 Å². The lowest BCUT2D eigenvalue weighted by Crippen LogP contribution is -2.27. The molecule has 1 aromatic rings. The summed E-state index contributed by atoms with van der Waals surface area (Å²) in [4.78, 5) is 13.2. The summed E-state index contributed by atoms with van der Waals surface area (Å²) in [5.74, 6) is -0.173. The van der Waals surface area contributed by atoms with E-state index in [9.17, 15) is 4.79 Å². The molecular formula is C18H25NO2. The van der Waals surface area contributed by atoms with Crippen LogP contribution in [0.4, 0.5) is 0 Å². The lowest BCUT2D eigenvalue weighted by atomic mass is 10.1. The van der Waals surface area contributed by atoms with Crippen LogP contribution in [0.3, 0.4) is 0 Å². The van der Waals surface area contributed by atoms with Crippen molar-refractivity contribution in [1.29, 1.82) is 0 Å². The van der Waals surface area contributed by atoms with Gasteiger partial charge in [0.1, 0.15) is 0 Å². The maximum atomic E-state index is 10.6. The topological polar surface area (TPSA) is 40.5 Å². The summed E-state index contributed by atoms with van der Waals surface area (Å²) in [5, 5.41) is 8.70. The van der Waals surface area contributed by atoms with Crippen LogP contribution >= 0.6 is 0 Å². The average molecular weight is 287 g/mol. The van der Waals surface area contributed by atoms with Crippen LogP contribution < -0.4 is 0 Å². The highest BCUT2D eigenvalue weighted by atomic mass is 16.4. The Morgan fingerprint density at radius 3 is 2.81 bits per heavy atom. The fraction of sp³-hybridized carbons (Fsp3) is 0.500. The predicted molar refractivity (Wildman–Crippen MR) is 86.0 cm³/mol. The van der Waals surface area contributed by atoms with Gasteiger partial charge in [-0.15, -0.1) is 0 Å². The Kier molecular flexibility index (Phi) is 5.57. The van der Waals surface area contributed by atoms with Gasteiger partial charge >= 0.3 is 5.97 Å². The van der Waals surface area contributed by atoms with Gasteiger partial charge in [0.25, 0.3) is 0 Å². The van der Waals surface area contributed by atoms with Crippen LogP contribution in [0, 0.1) is 5.92 Å². The van der Waals surface area contributed by atoms with Crippen molar-refractivity contribution < 1.29 is 9.90 Å². The van der Waals surface area contributed by atoms with Crippen molar-refractivity contribution in [3.63, 3.8) is 0 Å². The van der Waals surface area contributed by atoms with Crippen LogP contribution in [0.25, 0.3) is 6.08 Å². The SMILES string of the molecule is CC(C)CCN(Cc1cccc(/C=C/C(=O)O)c1)C1CC1. The van der Waals surface area contributed by atoms with Gasteiger partial charge in [0, 0.05) is 18.7 Å². The van der Waals surface area contributed by atoms with E-state index in [4.69, 9.17) is 5.11 Å². The van der Waals surface area contributed by atoms with Crippen LogP contribution in [0.1, 0.15) is 44.2 Å². The second kappa shape index (κ2) is 7.41. The lowest BCUT2D eigenvalue weighted by molar-refractivity contribution is -0.131. The molecule has 0 atom stereocenters. The van der Waals surface area contributed by atoms with E-state index in [-0.39, 0.29) is 0 Å². The number of carbonyl (C=O) groups is 1. The molecule has 1 N–H and O–H groups in total. The first-order valence-corrected chi connectivity index (χ1v) is 7.78. The lowest BCUT2D eigenvalue weighted by Gasteiger charge is -2.23. The molecule has 1 aromatic carbocycles. The summed E-state index contributed by atoms with van der Waals surface area (Å²) in [6.45, 7) is 6.65. The number of nitrogens with zero attached hydrogens (tertiary/aromatic N) is 1. The Hall–Kier alpha value is -1.61. The van der Waals surface area contributed by atoms with Gasteiger partial charge < -0.3 is 5.11 Å². The molecule has 0 aromatic heterocycles. The third-order valence-corrected chi connectivity index (χ3v) is 3.81. The molecule has 1 aliphatic rings. The minimum absolute atomic E-state index is 0.732. The Morgan fingerprint density at radius 1 is 1.43 bits per heavy atom. The molecule has 0 spiro atoms. The van der Waals surface area contributed by atoms with Crippen molar-refractivity contribution in [2.75, 3.05) is 6.54 Å². The number of carboxylic acids is 1. The van der Waals surface area contributed by atoms with Crippen LogP contribution in [0.5, 0.6) is 0 Å². The van der Waals surface area contributed by atoms with Crippen molar-refractivity contribution in [3.8, 4) is 0 Å². The van der Waals surface area contributed by atoms with Crippen molar-refractivity contribution in [1.82, 2.24) is 4.90 Å². The summed E-state index contributed by atoms with van der Waals surface area (Å²) >= 11 is 0. The van der Waals surface area contributed by atoms with E-state index in [0.29, 0.717) is 0 Å². The van der Waals surface area contributed by atoms with E-state index in [1.54, 1.807) is 6.08 Å². The molecular weight excluding hydrogens is 262 g/mol. The van der Waals surface area contributed by atoms with Crippen molar-refractivity contribution in [2.24, 2.45) is 5.92 Å². The second-order valence-electron chi connectivity index (χ2n) is 6.30. The molecule has 1 aliphatic carbocycles. The van der Waals surface area contributed by atoms with E-state index in [0.717, 1.165) is 30.6 Å². The molecule has 0 radical (unpaired) electrons. The highest BCUT2D eigenvalue weighted by Crippen LogP contribution is 2.29. The monoisotopic (exact) mass is 287 g/mol. The minimum atomic E-state index is -0.906. The van der Waals surface area contributed by atoms with Gasteiger partial charge in [0.2, 0.25) is 0 Å². The molecule has 21 heavy (non-hydrogen) atoms. The van der Waals surface area contributed by atoms with E-state index in [1.165, 1.54) is 30.9 Å². The van der Waals surface area contributed by atoms with E-state index >= 15 is 0 Å². The number of aliphatic carboxylic acids is 1. The Labute approximate surface area is 127 Å². The van der Waals surface area contributed by atoms with Crippen molar-refractivity contribution in [3.05, 3.63) is 41.5 Å². The summed E-state index contributed by atoms with van der Waals surface area (Å²) in [6, 6.07) is 8.91. The predicted octanol–water partition coefficient (Wildman–Crippen LogP) is 3.79. The molecule has 1 saturated carbocycles. The normalized spacial score (nSPS) is 15.2. The number of rotatable bonds is 8. The summed E-state index contributed by atoms with van der Waals surface area (Å²) in [5.41, 5.74) is 2.22. The van der Waals surface area contributed by atoms with Crippen LogP contribution in [-0.4, -0.2) is 28.6 Å². The van der Waals surface area contributed by atoms with E-state index in [2.05, 4.69) is 30.9 Å². The maximum absolute atomic E-state index is 10.6. The van der Waals surface area contributed by atoms with Gasteiger partial charge in [-0.1, -0.05) is 38.1 Å². The number of hydrogen-bond acceptors (Lipinski definition) is 2. The minimum Gasteiger partial charge on any atom is -0.478 e. The van der Waals surface area contributed by atoms with Crippen LogP contribution in [0.2, 0.25) is 0 Å². The molecule has 0 unspecified atom stereocenters. The third kappa shape index (κ3) is 5.72. The molecule has 0 heterocycles. The highest BCUT2D eigenvalue weighted by molar-refractivity contribution is 5.85. The molecule has 0 aliphatic heterocycles. The standard InChI is InChI=1S/C18H25NO2/c1-14(2)10-11-19(17-7-8-17)13-16-5-3-4-15(12-16)6-9-18(20)21/h3-6,9,12,14,17H,7-8,10-11,13H2,1-2H3,(H,20,21)/b9-6+. The molecule has 3 nitrogen and oxygen atoms in total. The zero-order chi connectivity index (χ0) is 15.2. The number of benzene rings is 1. The molecule has 2 rings (SSSR count). The van der Waals surface area contributed by atoms with E-state index < -0.39 is 5.97 Å². The van der Waals surface area contributed by atoms with Crippen molar-refractivity contribution in [2.45, 2.75) is 45.7 Å². The van der Waals surface area contributed by atoms with Crippen molar-refractivity contribution >= 4 is 12.0 Å². The third-order valence-electron chi connectivity index (χ3n) is 3.81. The second-order valence-corrected chi connectivity index (χ2v) is 6.30. The van der Waals surface area contributed by atoms with E-state index in [1.807, 2.05) is 12.1 Å². The van der Waals surface area contributed by atoms with Gasteiger partial charge in [0.15, 0.2) is 0 Å². The molecule has 0 saturated heterocycles. The zero-order valence-corrected chi connectivity index (χ0v) is 13.0. The summed E-state index contributed by atoms with van der Waals surface area (Å²) in [6.07, 6.45) is 6.71. The quantitative estimate of drug-likeness (QED) is 0.739.